The zero-order valence-electron chi connectivity index (χ0n) is 13.0. The van der Waals surface area contributed by atoms with E-state index in [-0.39, 0.29) is 18.6 Å². The minimum absolute atomic E-state index is 0.00170. The van der Waals surface area contributed by atoms with Gasteiger partial charge in [0.15, 0.2) is 0 Å². The molecule has 0 saturated heterocycles. The lowest BCUT2D eigenvalue weighted by Gasteiger charge is -2.16. The lowest BCUT2D eigenvalue weighted by Crippen LogP contribution is -2.38. The number of rotatable bonds is 9. The van der Waals surface area contributed by atoms with Crippen LogP contribution in [-0.2, 0) is 9.53 Å². The van der Waals surface area contributed by atoms with E-state index in [4.69, 9.17) is 9.84 Å². The van der Waals surface area contributed by atoms with Crippen molar-refractivity contribution in [3.63, 3.8) is 0 Å². The van der Waals surface area contributed by atoms with Crippen LogP contribution in [0, 0.1) is 13.8 Å². The molecule has 0 aliphatic carbocycles. The fraction of sp³-hybridized carbons (Fsp3) is 0.562. The standard InChI is InChI=1S/C16H25NO3S/c1-12-4-5-15(10-13(12)2)21-9-7-16(19)17-14(6-8-18)11-20-3/h4-5,10,14,18H,6-9,11H2,1-3H3,(H,17,19). The summed E-state index contributed by atoms with van der Waals surface area (Å²) in [6.07, 6.45) is 0.979. The third-order valence-electron chi connectivity index (χ3n) is 3.29. The molecule has 1 aromatic carbocycles. The van der Waals surface area contributed by atoms with Gasteiger partial charge in [0.2, 0.25) is 5.91 Å². The molecule has 0 bridgehead atoms. The van der Waals surface area contributed by atoms with Crippen molar-refractivity contribution in [3.8, 4) is 0 Å². The third kappa shape index (κ3) is 6.98. The average molecular weight is 311 g/mol. The van der Waals surface area contributed by atoms with Gasteiger partial charge >= 0.3 is 0 Å². The van der Waals surface area contributed by atoms with Crippen molar-refractivity contribution >= 4 is 17.7 Å². The van der Waals surface area contributed by atoms with Crippen LogP contribution in [0.3, 0.4) is 0 Å². The molecular weight excluding hydrogens is 286 g/mol. The van der Waals surface area contributed by atoms with Gasteiger partial charge < -0.3 is 15.2 Å². The normalized spacial score (nSPS) is 12.2. The van der Waals surface area contributed by atoms with Gasteiger partial charge in [0.05, 0.1) is 12.6 Å². The highest BCUT2D eigenvalue weighted by atomic mass is 32.2. The van der Waals surface area contributed by atoms with Crippen LogP contribution in [0.2, 0.25) is 0 Å². The van der Waals surface area contributed by atoms with E-state index < -0.39 is 0 Å². The molecule has 0 aliphatic heterocycles. The second-order valence-electron chi connectivity index (χ2n) is 5.08. The zero-order valence-corrected chi connectivity index (χ0v) is 13.8. The minimum Gasteiger partial charge on any atom is -0.396 e. The monoisotopic (exact) mass is 311 g/mol. The highest BCUT2D eigenvalue weighted by molar-refractivity contribution is 7.99. The summed E-state index contributed by atoms with van der Waals surface area (Å²) in [7, 11) is 1.59. The molecule has 4 nitrogen and oxygen atoms in total. The first-order valence-corrected chi connectivity index (χ1v) is 8.14. The second-order valence-corrected chi connectivity index (χ2v) is 6.24. The lowest BCUT2D eigenvalue weighted by molar-refractivity contribution is -0.121. The van der Waals surface area contributed by atoms with Crippen molar-refractivity contribution in [2.75, 3.05) is 26.1 Å². The van der Waals surface area contributed by atoms with Gasteiger partial charge in [-0.3, -0.25) is 4.79 Å². The molecular formula is C16H25NO3S. The number of ether oxygens (including phenoxy) is 1. The quantitative estimate of drug-likeness (QED) is 0.687. The van der Waals surface area contributed by atoms with E-state index in [0.717, 1.165) is 5.75 Å². The Morgan fingerprint density at radius 2 is 2.14 bits per heavy atom. The van der Waals surface area contributed by atoms with Gasteiger partial charge in [-0.25, -0.2) is 0 Å². The smallest absolute Gasteiger partial charge is 0.221 e. The van der Waals surface area contributed by atoms with Crippen LogP contribution >= 0.6 is 11.8 Å². The van der Waals surface area contributed by atoms with Gasteiger partial charge in [0.1, 0.15) is 0 Å². The van der Waals surface area contributed by atoms with Crippen molar-refractivity contribution in [1.29, 1.82) is 0 Å². The molecule has 1 amide bonds. The summed E-state index contributed by atoms with van der Waals surface area (Å²) in [6.45, 7) is 4.66. The Labute approximate surface area is 131 Å². The van der Waals surface area contributed by atoms with Crippen LogP contribution in [0.5, 0.6) is 0 Å². The Morgan fingerprint density at radius 1 is 1.38 bits per heavy atom. The van der Waals surface area contributed by atoms with Crippen molar-refractivity contribution in [1.82, 2.24) is 5.32 Å². The van der Waals surface area contributed by atoms with Crippen molar-refractivity contribution in [3.05, 3.63) is 29.3 Å². The molecule has 1 atom stereocenters. The number of hydrogen-bond acceptors (Lipinski definition) is 4. The van der Waals surface area contributed by atoms with Crippen molar-refractivity contribution in [2.45, 2.75) is 37.6 Å². The number of carbonyl (C=O) groups excluding carboxylic acids is 1. The Kier molecular flexibility index (Phi) is 8.42. The molecule has 1 rings (SSSR count). The maximum absolute atomic E-state index is 11.9. The van der Waals surface area contributed by atoms with Crippen LogP contribution in [0.25, 0.3) is 0 Å². The van der Waals surface area contributed by atoms with Gasteiger partial charge in [0.25, 0.3) is 0 Å². The number of carbonyl (C=O) groups is 1. The first-order valence-electron chi connectivity index (χ1n) is 7.16. The van der Waals surface area contributed by atoms with Gasteiger partial charge in [-0.15, -0.1) is 11.8 Å². The maximum atomic E-state index is 11.9. The number of aliphatic hydroxyl groups is 1. The van der Waals surface area contributed by atoms with E-state index >= 15 is 0 Å². The van der Waals surface area contributed by atoms with E-state index in [9.17, 15) is 4.79 Å². The molecule has 0 aliphatic rings. The number of aryl methyl sites for hydroxylation is 2. The summed E-state index contributed by atoms with van der Waals surface area (Å²) in [5, 5.41) is 11.8. The number of nitrogens with one attached hydrogen (secondary N) is 1. The van der Waals surface area contributed by atoms with E-state index in [1.165, 1.54) is 16.0 Å². The molecule has 0 fully saturated rings. The Balaban J connectivity index is 2.33. The summed E-state index contributed by atoms with van der Waals surface area (Å²) >= 11 is 1.68. The fourth-order valence-corrected chi connectivity index (χ4v) is 2.87. The van der Waals surface area contributed by atoms with Crippen LogP contribution in [0.4, 0.5) is 0 Å². The lowest BCUT2D eigenvalue weighted by atomic mass is 10.1. The Morgan fingerprint density at radius 3 is 2.76 bits per heavy atom. The number of methoxy groups -OCH3 is 1. The number of hydrogen-bond donors (Lipinski definition) is 2. The molecule has 0 radical (unpaired) electrons. The minimum atomic E-state index is -0.112. The van der Waals surface area contributed by atoms with Crippen LogP contribution < -0.4 is 5.32 Å². The highest BCUT2D eigenvalue weighted by Gasteiger charge is 2.11. The summed E-state index contributed by atoms with van der Waals surface area (Å²) < 4.78 is 5.02. The number of aliphatic hydroxyl groups excluding tert-OH is 1. The topological polar surface area (TPSA) is 58.6 Å². The Hall–Kier alpha value is -1.04. The maximum Gasteiger partial charge on any atom is 0.221 e. The molecule has 118 valence electrons. The predicted molar refractivity (Wildman–Crippen MR) is 86.8 cm³/mol. The molecule has 21 heavy (non-hydrogen) atoms. The van der Waals surface area contributed by atoms with E-state index in [1.807, 2.05) is 0 Å². The molecule has 0 heterocycles. The first kappa shape index (κ1) is 18.0. The van der Waals surface area contributed by atoms with Crippen LogP contribution in [0.15, 0.2) is 23.1 Å². The number of benzene rings is 1. The third-order valence-corrected chi connectivity index (χ3v) is 4.28. The molecule has 5 heteroatoms. The largest absolute Gasteiger partial charge is 0.396 e. The molecule has 0 spiro atoms. The van der Waals surface area contributed by atoms with Crippen molar-refractivity contribution < 1.29 is 14.6 Å². The number of thioether (sulfide) groups is 1. The average Bonchev–Trinajstić information content (AvgIpc) is 2.43. The molecule has 1 aromatic rings. The first-order chi connectivity index (χ1) is 10.1. The van der Waals surface area contributed by atoms with E-state index in [1.54, 1.807) is 18.9 Å². The van der Waals surface area contributed by atoms with Gasteiger partial charge in [0, 0.05) is 30.8 Å². The predicted octanol–water partition coefficient (Wildman–Crippen LogP) is 2.30. The summed E-state index contributed by atoms with van der Waals surface area (Å²) in [4.78, 5) is 13.0. The van der Waals surface area contributed by atoms with Crippen LogP contribution in [-0.4, -0.2) is 43.1 Å². The highest BCUT2D eigenvalue weighted by Crippen LogP contribution is 2.21. The summed E-state index contributed by atoms with van der Waals surface area (Å²) in [5.41, 5.74) is 2.55. The van der Waals surface area contributed by atoms with E-state index in [0.29, 0.717) is 19.4 Å². The summed E-state index contributed by atoms with van der Waals surface area (Å²) in [5.74, 6) is 0.745. The molecule has 0 aromatic heterocycles. The molecule has 0 saturated carbocycles. The molecule has 1 unspecified atom stereocenters. The van der Waals surface area contributed by atoms with Gasteiger partial charge in [-0.1, -0.05) is 6.07 Å². The fourth-order valence-electron chi connectivity index (χ4n) is 1.92. The second kappa shape index (κ2) is 9.82. The van der Waals surface area contributed by atoms with E-state index in [2.05, 4.69) is 37.4 Å². The van der Waals surface area contributed by atoms with Crippen LogP contribution in [0.1, 0.15) is 24.0 Å². The van der Waals surface area contributed by atoms with Crippen molar-refractivity contribution in [2.24, 2.45) is 0 Å². The number of amides is 1. The zero-order chi connectivity index (χ0) is 15.7. The molecule has 2 N–H and O–H groups in total. The summed E-state index contributed by atoms with van der Waals surface area (Å²) in [6, 6.07) is 6.23. The van der Waals surface area contributed by atoms with Gasteiger partial charge in [-0.2, -0.15) is 0 Å². The van der Waals surface area contributed by atoms with Gasteiger partial charge in [-0.05, 0) is 43.5 Å². The Bertz CT molecular complexity index is 445. The SMILES string of the molecule is COCC(CCO)NC(=O)CCSc1ccc(C)c(C)c1.